The van der Waals surface area contributed by atoms with Crippen molar-refractivity contribution in [3.05, 3.63) is 28.2 Å². The summed E-state index contributed by atoms with van der Waals surface area (Å²) in [6, 6.07) is 4.73. The first-order valence-corrected chi connectivity index (χ1v) is 6.63. The molecule has 0 saturated heterocycles. The molecule has 18 heavy (non-hydrogen) atoms. The zero-order valence-electron chi connectivity index (χ0n) is 10.5. The van der Waals surface area contributed by atoms with Crippen molar-refractivity contribution in [2.24, 2.45) is 0 Å². The van der Waals surface area contributed by atoms with Gasteiger partial charge in [0.1, 0.15) is 5.75 Å². The third-order valence-corrected chi connectivity index (χ3v) is 3.56. The van der Waals surface area contributed by atoms with Crippen LogP contribution in [0.4, 0.5) is 0 Å². The van der Waals surface area contributed by atoms with Gasteiger partial charge >= 0.3 is 0 Å². The van der Waals surface area contributed by atoms with Gasteiger partial charge in [0.25, 0.3) is 5.91 Å². The van der Waals surface area contributed by atoms with Gasteiger partial charge in [-0.3, -0.25) is 4.79 Å². The molecule has 4 nitrogen and oxygen atoms in total. The van der Waals surface area contributed by atoms with Crippen LogP contribution in [0.5, 0.6) is 5.75 Å². The van der Waals surface area contributed by atoms with E-state index in [4.69, 9.17) is 5.11 Å². The molecule has 0 fully saturated rings. The van der Waals surface area contributed by atoms with E-state index in [9.17, 15) is 9.90 Å². The molecule has 0 aliphatic heterocycles. The molecule has 0 aromatic heterocycles. The fourth-order valence-corrected chi connectivity index (χ4v) is 1.96. The maximum Gasteiger partial charge on any atom is 0.255 e. The Labute approximate surface area is 115 Å². The van der Waals surface area contributed by atoms with E-state index < -0.39 is 5.54 Å². The lowest BCUT2D eigenvalue weighted by Crippen LogP contribution is -2.46. The molecular weight excluding hydrogens is 298 g/mol. The highest BCUT2D eigenvalue weighted by Gasteiger charge is 2.25. The Kier molecular flexibility index (Phi) is 5.16. The summed E-state index contributed by atoms with van der Waals surface area (Å²) < 4.78 is 0.713. The van der Waals surface area contributed by atoms with Gasteiger partial charge in [0, 0.05) is 16.6 Å². The lowest BCUT2D eigenvalue weighted by molar-refractivity contribution is 0.0883. The van der Waals surface area contributed by atoms with Crippen molar-refractivity contribution in [2.45, 2.75) is 32.2 Å². The number of aromatic hydroxyl groups is 1. The lowest BCUT2D eigenvalue weighted by atomic mass is 9.94. The number of phenols is 1. The van der Waals surface area contributed by atoms with E-state index in [0.717, 1.165) is 0 Å². The largest absolute Gasteiger partial charge is 0.507 e. The van der Waals surface area contributed by atoms with Crippen LogP contribution < -0.4 is 5.32 Å². The summed E-state index contributed by atoms with van der Waals surface area (Å²) in [6.07, 6.45) is 1.18. The highest BCUT2D eigenvalue weighted by molar-refractivity contribution is 9.10. The summed E-state index contributed by atoms with van der Waals surface area (Å²) in [5.41, 5.74) is -0.235. The van der Waals surface area contributed by atoms with Crippen molar-refractivity contribution < 1.29 is 15.0 Å². The van der Waals surface area contributed by atoms with E-state index in [1.165, 1.54) is 6.07 Å². The minimum Gasteiger partial charge on any atom is -0.507 e. The molecule has 0 aliphatic rings. The van der Waals surface area contributed by atoms with Crippen LogP contribution in [0.25, 0.3) is 0 Å². The first-order valence-electron chi connectivity index (χ1n) is 5.84. The summed E-state index contributed by atoms with van der Waals surface area (Å²) in [5, 5.41) is 21.6. The third-order valence-electron chi connectivity index (χ3n) is 3.06. The molecule has 1 amide bonds. The molecule has 1 aromatic rings. The molecule has 0 spiro atoms. The van der Waals surface area contributed by atoms with Crippen LogP contribution in [0.3, 0.4) is 0 Å². The summed E-state index contributed by atoms with van der Waals surface area (Å²) in [7, 11) is 0. The van der Waals surface area contributed by atoms with Crippen LogP contribution in [0.2, 0.25) is 0 Å². The van der Waals surface area contributed by atoms with Gasteiger partial charge in [0.2, 0.25) is 0 Å². The van der Waals surface area contributed by atoms with Crippen LogP contribution in [0.1, 0.15) is 37.0 Å². The van der Waals surface area contributed by atoms with Crippen molar-refractivity contribution in [3.63, 3.8) is 0 Å². The van der Waals surface area contributed by atoms with Crippen LogP contribution in [0, 0.1) is 0 Å². The second-order valence-electron chi connectivity index (χ2n) is 4.50. The molecule has 0 aliphatic carbocycles. The predicted molar refractivity (Wildman–Crippen MR) is 73.7 cm³/mol. The first kappa shape index (κ1) is 15.0. The molecule has 1 atom stereocenters. The molecule has 0 saturated carbocycles. The number of halogens is 1. The van der Waals surface area contributed by atoms with Crippen molar-refractivity contribution in [2.75, 3.05) is 6.61 Å². The molecule has 1 rings (SSSR count). The number of benzene rings is 1. The number of aliphatic hydroxyl groups excluding tert-OH is 1. The molecular formula is C13H18BrNO3. The Bertz CT molecular complexity index is 436. The van der Waals surface area contributed by atoms with E-state index in [1.54, 1.807) is 12.1 Å². The van der Waals surface area contributed by atoms with E-state index >= 15 is 0 Å². The van der Waals surface area contributed by atoms with E-state index in [-0.39, 0.29) is 23.8 Å². The molecule has 3 N–H and O–H groups in total. The van der Waals surface area contributed by atoms with Crippen molar-refractivity contribution >= 4 is 21.8 Å². The molecule has 1 unspecified atom stereocenters. The van der Waals surface area contributed by atoms with E-state index in [2.05, 4.69) is 21.2 Å². The van der Waals surface area contributed by atoms with Gasteiger partial charge in [0.15, 0.2) is 0 Å². The number of hydrogen-bond acceptors (Lipinski definition) is 3. The fraction of sp³-hybridized carbons (Fsp3) is 0.462. The zero-order valence-corrected chi connectivity index (χ0v) is 12.1. The quantitative estimate of drug-likeness (QED) is 0.781. The van der Waals surface area contributed by atoms with Crippen LogP contribution in [-0.4, -0.2) is 28.3 Å². The summed E-state index contributed by atoms with van der Waals surface area (Å²) >= 11 is 3.22. The number of carbonyl (C=O) groups excluding carboxylic acids is 1. The van der Waals surface area contributed by atoms with Crippen LogP contribution in [-0.2, 0) is 0 Å². The van der Waals surface area contributed by atoms with Gasteiger partial charge < -0.3 is 15.5 Å². The third kappa shape index (κ3) is 3.71. The minimum absolute atomic E-state index is 0.0109. The fourth-order valence-electron chi connectivity index (χ4n) is 1.61. The topological polar surface area (TPSA) is 69.6 Å². The van der Waals surface area contributed by atoms with Gasteiger partial charge in [-0.1, -0.05) is 22.9 Å². The Morgan fingerprint density at radius 3 is 2.67 bits per heavy atom. The Morgan fingerprint density at radius 1 is 1.50 bits per heavy atom. The van der Waals surface area contributed by atoms with Crippen molar-refractivity contribution in [3.8, 4) is 5.75 Å². The molecule has 0 heterocycles. The van der Waals surface area contributed by atoms with Gasteiger partial charge in [0.05, 0.1) is 5.56 Å². The molecule has 100 valence electrons. The number of hydrogen-bond donors (Lipinski definition) is 3. The van der Waals surface area contributed by atoms with Gasteiger partial charge in [-0.15, -0.1) is 0 Å². The normalized spacial score (nSPS) is 14.0. The van der Waals surface area contributed by atoms with E-state index in [1.807, 2.05) is 13.8 Å². The number of nitrogens with one attached hydrogen (secondary N) is 1. The highest BCUT2D eigenvalue weighted by atomic mass is 79.9. The number of carbonyl (C=O) groups is 1. The second-order valence-corrected chi connectivity index (χ2v) is 5.42. The van der Waals surface area contributed by atoms with Crippen LogP contribution >= 0.6 is 15.9 Å². The van der Waals surface area contributed by atoms with E-state index in [0.29, 0.717) is 17.3 Å². The average Bonchev–Trinajstić information content (AvgIpc) is 2.28. The number of rotatable bonds is 5. The summed E-state index contributed by atoms with van der Waals surface area (Å²) in [5.74, 6) is -0.401. The van der Waals surface area contributed by atoms with Crippen molar-refractivity contribution in [1.29, 1.82) is 0 Å². The monoisotopic (exact) mass is 315 g/mol. The zero-order chi connectivity index (χ0) is 13.8. The number of phenolic OH excluding ortho intramolecular Hbond substituents is 1. The van der Waals surface area contributed by atoms with Crippen LogP contribution in [0.15, 0.2) is 22.7 Å². The van der Waals surface area contributed by atoms with Gasteiger partial charge in [-0.05, 0) is 38.0 Å². The standard InChI is InChI=1S/C13H18BrNO3/c1-3-13(2,6-7-16)15-12(18)10-5-4-9(14)8-11(10)17/h4-5,8,16-17H,3,6-7H2,1-2H3,(H,15,18). The summed E-state index contributed by atoms with van der Waals surface area (Å²) in [4.78, 5) is 12.1. The Balaban J connectivity index is 2.87. The molecule has 5 heteroatoms. The molecule has 1 aromatic carbocycles. The average molecular weight is 316 g/mol. The molecule has 0 radical (unpaired) electrons. The SMILES string of the molecule is CCC(C)(CCO)NC(=O)c1ccc(Br)cc1O. The first-order chi connectivity index (χ1) is 8.41. The van der Waals surface area contributed by atoms with Gasteiger partial charge in [-0.2, -0.15) is 0 Å². The van der Waals surface area contributed by atoms with Gasteiger partial charge in [-0.25, -0.2) is 0 Å². The lowest BCUT2D eigenvalue weighted by Gasteiger charge is -2.29. The number of amides is 1. The maximum atomic E-state index is 12.1. The Hall–Kier alpha value is -1.07. The highest BCUT2D eigenvalue weighted by Crippen LogP contribution is 2.23. The molecule has 0 bridgehead atoms. The smallest absolute Gasteiger partial charge is 0.255 e. The second kappa shape index (κ2) is 6.20. The minimum atomic E-state index is -0.467. The Morgan fingerprint density at radius 2 is 2.17 bits per heavy atom. The summed E-state index contributed by atoms with van der Waals surface area (Å²) in [6.45, 7) is 3.82. The predicted octanol–water partition coefficient (Wildman–Crippen LogP) is 2.44. The maximum absolute atomic E-state index is 12.1. The number of aliphatic hydroxyl groups is 1. The van der Waals surface area contributed by atoms with Crippen molar-refractivity contribution in [1.82, 2.24) is 5.32 Å².